The fraction of sp³-hybridized carbons (Fsp3) is 0.417. The minimum absolute atomic E-state index is 0.0192. The lowest BCUT2D eigenvalue weighted by atomic mass is 10.1. The van der Waals surface area contributed by atoms with Gasteiger partial charge in [0, 0.05) is 6.04 Å². The molecule has 0 amide bonds. The monoisotopic (exact) mass is 221 g/mol. The average molecular weight is 221 g/mol. The molecule has 1 aromatic rings. The molecule has 0 heterocycles. The Hall–Kier alpha value is -1.39. The molecule has 3 N–H and O–H groups in total. The summed E-state index contributed by atoms with van der Waals surface area (Å²) in [7, 11) is 0. The summed E-state index contributed by atoms with van der Waals surface area (Å²) >= 11 is 0. The Bertz CT molecular complexity index is 392. The molecular formula is C12H15NO3. The van der Waals surface area contributed by atoms with E-state index < -0.39 is 5.97 Å². The van der Waals surface area contributed by atoms with Crippen LogP contribution >= 0.6 is 0 Å². The summed E-state index contributed by atoms with van der Waals surface area (Å²) in [6.45, 7) is 0.210. The van der Waals surface area contributed by atoms with Gasteiger partial charge in [0.05, 0.1) is 19.1 Å². The summed E-state index contributed by atoms with van der Waals surface area (Å²) in [5.74, 6) is -0.847. The highest BCUT2D eigenvalue weighted by atomic mass is 16.5. The Labute approximate surface area is 94.0 Å². The largest absolute Gasteiger partial charge is 0.481 e. The third-order valence-electron chi connectivity index (χ3n) is 2.82. The molecule has 1 aliphatic carbocycles. The van der Waals surface area contributed by atoms with Gasteiger partial charge in [-0.15, -0.1) is 0 Å². The maximum Gasteiger partial charge on any atom is 0.305 e. The molecule has 0 bridgehead atoms. The number of hydrogen-bond donors (Lipinski definition) is 2. The number of hydrogen-bond acceptors (Lipinski definition) is 3. The fourth-order valence-corrected chi connectivity index (χ4v) is 2.08. The van der Waals surface area contributed by atoms with Crippen molar-refractivity contribution in [3.8, 4) is 0 Å². The Morgan fingerprint density at radius 2 is 2.25 bits per heavy atom. The fourth-order valence-electron chi connectivity index (χ4n) is 2.08. The number of ether oxygens (including phenoxy) is 1. The van der Waals surface area contributed by atoms with E-state index in [1.165, 1.54) is 5.56 Å². The van der Waals surface area contributed by atoms with Gasteiger partial charge < -0.3 is 15.6 Å². The highest BCUT2D eigenvalue weighted by molar-refractivity contribution is 5.66. The molecular weight excluding hydrogens is 206 g/mol. The first-order valence-corrected chi connectivity index (χ1v) is 5.35. The number of benzene rings is 1. The van der Waals surface area contributed by atoms with E-state index in [1.807, 2.05) is 24.3 Å². The zero-order valence-electron chi connectivity index (χ0n) is 8.93. The minimum Gasteiger partial charge on any atom is -0.481 e. The van der Waals surface area contributed by atoms with Gasteiger partial charge in [-0.1, -0.05) is 24.3 Å². The molecule has 0 fully saturated rings. The third kappa shape index (κ3) is 2.23. The van der Waals surface area contributed by atoms with E-state index in [-0.39, 0.29) is 25.2 Å². The first-order valence-electron chi connectivity index (χ1n) is 5.35. The van der Waals surface area contributed by atoms with Gasteiger partial charge in [0.25, 0.3) is 0 Å². The average Bonchev–Trinajstić information content (AvgIpc) is 2.55. The van der Waals surface area contributed by atoms with Crippen LogP contribution in [0.4, 0.5) is 0 Å². The van der Waals surface area contributed by atoms with Crippen molar-refractivity contribution < 1.29 is 14.6 Å². The SMILES string of the molecule is NC1Cc2ccccc2C1OCCC(=O)O. The van der Waals surface area contributed by atoms with E-state index in [2.05, 4.69) is 0 Å². The smallest absolute Gasteiger partial charge is 0.305 e. The molecule has 4 nitrogen and oxygen atoms in total. The second-order valence-electron chi connectivity index (χ2n) is 4.00. The number of nitrogens with two attached hydrogens (primary N) is 1. The normalized spacial score (nSPS) is 23.1. The maximum atomic E-state index is 10.4. The van der Waals surface area contributed by atoms with Crippen molar-refractivity contribution in [2.24, 2.45) is 5.73 Å². The molecule has 0 aliphatic heterocycles. The van der Waals surface area contributed by atoms with E-state index >= 15 is 0 Å². The molecule has 4 heteroatoms. The molecule has 2 unspecified atom stereocenters. The van der Waals surface area contributed by atoms with E-state index in [1.54, 1.807) is 0 Å². The summed E-state index contributed by atoms with van der Waals surface area (Å²) in [6, 6.07) is 7.89. The number of carboxylic acids is 1. The van der Waals surface area contributed by atoms with E-state index in [9.17, 15) is 4.79 Å². The predicted octanol–water partition coefficient (Wildman–Crippen LogP) is 1.10. The lowest BCUT2D eigenvalue weighted by molar-refractivity contribution is -0.138. The number of fused-ring (bicyclic) bond motifs is 1. The molecule has 2 rings (SSSR count). The van der Waals surface area contributed by atoms with Crippen LogP contribution in [0.5, 0.6) is 0 Å². The van der Waals surface area contributed by atoms with Crippen LogP contribution in [-0.2, 0) is 16.0 Å². The molecule has 0 saturated heterocycles. The van der Waals surface area contributed by atoms with Crippen molar-refractivity contribution >= 4 is 5.97 Å². The summed E-state index contributed by atoms with van der Waals surface area (Å²) in [5, 5.41) is 8.54. The minimum atomic E-state index is -0.847. The molecule has 86 valence electrons. The Kier molecular flexibility index (Phi) is 3.22. The Balaban J connectivity index is 2.02. The van der Waals surface area contributed by atoms with Crippen LogP contribution in [0.25, 0.3) is 0 Å². The molecule has 1 aliphatic rings. The van der Waals surface area contributed by atoms with Crippen LogP contribution < -0.4 is 5.73 Å². The maximum absolute atomic E-state index is 10.4. The van der Waals surface area contributed by atoms with Crippen LogP contribution in [0, 0.1) is 0 Å². The molecule has 0 spiro atoms. The Morgan fingerprint density at radius 3 is 3.00 bits per heavy atom. The first-order chi connectivity index (χ1) is 7.68. The van der Waals surface area contributed by atoms with Gasteiger partial charge in [-0.25, -0.2) is 0 Å². The van der Waals surface area contributed by atoms with E-state index in [4.69, 9.17) is 15.6 Å². The van der Waals surface area contributed by atoms with Crippen molar-refractivity contribution in [3.63, 3.8) is 0 Å². The molecule has 16 heavy (non-hydrogen) atoms. The third-order valence-corrected chi connectivity index (χ3v) is 2.82. The van der Waals surface area contributed by atoms with Gasteiger partial charge in [0.15, 0.2) is 0 Å². The molecule has 0 aromatic heterocycles. The zero-order valence-corrected chi connectivity index (χ0v) is 8.93. The van der Waals surface area contributed by atoms with Crippen LogP contribution in [-0.4, -0.2) is 23.7 Å². The summed E-state index contributed by atoms with van der Waals surface area (Å²) in [5.41, 5.74) is 8.28. The number of carbonyl (C=O) groups is 1. The second-order valence-corrected chi connectivity index (χ2v) is 4.00. The number of rotatable bonds is 4. The van der Waals surface area contributed by atoms with E-state index in [0.29, 0.717) is 0 Å². The van der Waals surface area contributed by atoms with Gasteiger partial charge in [0.1, 0.15) is 0 Å². The van der Waals surface area contributed by atoms with Crippen molar-refractivity contribution in [1.29, 1.82) is 0 Å². The van der Waals surface area contributed by atoms with Gasteiger partial charge >= 0.3 is 5.97 Å². The second kappa shape index (κ2) is 4.63. The van der Waals surface area contributed by atoms with Crippen LogP contribution in [0.3, 0.4) is 0 Å². The summed E-state index contributed by atoms with van der Waals surface area (Å²) < 4.78 is 5.55. The van der Waals surface area contributed by atoms with Gasteiger partial charge in [-0.2, -0.15) is 0 Å². The molecule has 0 radical (unpaired) electrons. The first kappa shape index (κ1) is 11.1. The zero-order chi connectivity index (χ0) is 11.5. The Morgan fingerprint density at radius 1 is 1.50 bits per heavy atom. The molecule has 1 aromatic carbocycles. The molecule has 2 atom stereocenters. The van der Waals surface area contributed by atoms with Crippen LogP contribution in [0.2, 0.25) is 0 Å². The van der Waals surface area contributed by atoms with Crippen molar-refractivity contribution in [2.45, 2.75) is 25.0 Å². The standard InChI is InChI=1S/C12H15NO3/c13-10-7-8-3-1-2-4-9(8)12(10)16-6-5-11(14)15/h1-4,10,12H,5-7,13H2,(H,14,15). The number of carboxylic acid groups (broad SMARTS) is 1. The topological polar surface area (TPSA) is 72.5 Å². The van der Waals surface area contributed by atoms with Crippen LogP contribution in [0.1, 0.15) is 23.7 Å². The highest BCUT2D eigenvalue weighted by Gasteiger charge is 2.30. The van der Waals surface area contributed by atoms with Crippen molar-refractivity contribution in [3.05, 3.63) is 35.4 Å². The summed E-state index contributed by atoms with van der Waals surface area (Å²) in [4.78, 5) is 10.4. The summed E-state index contributed by atoms with van der Waals surface area (Å²) in [6.07, 6.45) is 0.662. The van der Waals surface area contributed by atoms with Gasteiger partial charge in [0.2, 0.25) is 0 Å². The van der Waals surface area contributed by atoms with Crippen molar-refractivity contribution in [2.75, 3.05) is 6.61 Å². The van der Waals surface area contributed by atoms with Gasteiger partial charge in [-0.05, 0) is 17.5 Å². The van der Waals surface area contributed by atoms with Crippen LogP contribution in [0.15, 0.2) is 24.3 Å². The lowest BCUT2D eigenvalue weighted by Crippen LogP contribution is -2.27. The highest BCUT2D eigenvalue weighted by Crippen LogP contribution is 2.32. The molecule has 0 saturated carbocycles. The number of aliphatic carboxylic acids is 1. The van der Waals surface area contributed by atoms with E-state index in [0.717, 1.165) is 12.0 Å². The quantitative estimate of drug-likeness (QED) is 0.798. The lowest BCUT2D eigenvalue weighted by Gasteiger charge is -2.17. The van der Waals surface area contributed by atoms with Gasteiger partial charge in [-0.3, -0.25) is 4.79 Å². The predicted molar refractivity (Wildman–Crippen MR) is 59.1 cm³/mol. The van der Waals surface area contributed by atoms with Crippen molar-refractivity contribution in [1.82, 2.24) is 0 Å².